The number of H-pyrrole nitrogens is 1. The van der Waals surface area contributed by atoms with E-state index in [1.165, 1.54) is 10.5 Å². The number of nitrogens with zero attached hydrogens (tertiary/aromatic N) is 1. The highest BCUT2D eigenvalue weighted by molar-refractivity contribution is 6.21. The minimum Gasteiger partial charge on any atom is -0.358 e. The molecule has 2 amide bonds. The first kappa shape index (κ1) is 22.4. The van der Waals surface area contributed by atoms with Crippen LogP contribution in [0, 0.1) is 13.8 Å². The maximum Gasteiger partial charge on any atom is 0.261 e. The third-order valence-corrected chi connectivity index (χ3v) is 7.69. The van der Waals surface area contributed by atoms with Crippen molar-refractivity contribution < 1.29 is 19.3 Å². The van der Waals surface area contributed by atoms with Gasteiger partial charge in [-0.25, -0.2) is 0 Å². The monoisotopic (exact) mass is 478 g/mol. The SMILES string of the molecule is Cc1ccc2c(C(=O)C[NH+]3CCc4ccccc4[C@@H]3CN3C(=O)c4ccccc4C3=O)c(C)[nH]c2c1. The van der Waals surface area contributed by atoms with Gasteiger partial charge in [-0.3, -0.25) is 19.3 Å². The predicted octanol–water partition coefficient (Wildman–Crippen LogP) is 3.45. The standard InChI is InChI=1S/C30H27N3O3/c1-18-11-12-24-25(15-18)31-19(2)28(24)27(34)17-32-14-13-20-7-3-4-8-21(20)26(32)16-33-29(35)22-9-5-6-10-23(22)30(33)36/h3-12,15,26,31H,13-14,16-17H2,1-2H3/p+1/t26-/m0/s1. The average Bonchev–Trinajstić information content (AvgIpc) is 3.33. The molecule has 2 N–H and O–H groups in total. The predicted molar refractivity (Wildman–Crippen MR) is 137 cm³/mol. The lowest BCUT2D eigenvalue weighted by atomic mass is 9.91. The Labute approximate surface area is 209 Å². The Morgan fingerprint density at radius 2 is 1.67 bits per heavy atom. The Bertz CT molecular complexity index is 1520. The third-order valence-electron chi connectivity index (χ3n) is 7.69. The van der Waals surface area contributed by atoms with Gasteiger partial charge in [-0.05, 0) is 43.2 Å². The van der Waals surface area contributed by atoms with Crippen LogP contribution in [-0.2, 0) is 6.42 Å². The van der Waals surface area contributed by atoms with Crippen LogP contribution >= 0.6 is 0 Å². The molecule has 2 aliphatic rings. The van der Waals surface area contributed by atoms with E-state index in [0.29, 0.717) is 17.7 Å². The first-order valence-electron chi connectivity index (χ1n) is 12.4. The lowest BCUT2D eigenvalue weighted by Gasteiger charge is -2.35. The van der Waals surface area contributed by atoms with Gasteiger partial charge in [0.25, 0.3) is 11.8 Å². The fraction of sp³-hybridized carbons (Fsp3) is 0.233. The zero-order valence-corrected chi connectivity index (χ0v) is 20.4. The Morgan fingerprint density at radius 1 is 0.972 bits per heavy atom. The van der Waals surface area contributed by atoms with Crippen LogP contribution in [0.1, 0.15) is 59.5 Å². The zero-order valence-electron chi connectivity index (χ0n) is 20.4. The summed E-state index contributed by atoms with van der Waals surface area (Å²) in [6.45, 7) is 5.29. The summed E-state index contributed by atoms with van der Waals surface area (Å²) < 4.78 is 0. The molecule has 1 unspecified atom stereocenters. The van der Waals surface area contributed by atoms with Crippen LogP contribution < -0.4 is 4.90 Å². The molecular weight excluding hydrogens is 450 g/mol. The number of aromatic amines is 1. The number of aromatic nitrogens is 1. The van der Waals surface area contributed by atoms with E-state index in [1.807, 2.05) is 38.1 Å². The molecule has 4 aromatic rings. The van der Waals surface area contributed by atoms with E-state index in [2.05, 4.69) is 23.2 Å². The molecule has 36 heavy (non-hydrogen) atoms. The molecule has 3 heterocycles. The van der Waals surface area contributed by atoms with Crippen LogP contribution in [0.2, 0.25) is 0 Å². The third kappa shape index (κ3) is 3.57. The molecule has 180 valence electrons. The number of hydrogen-bond acceptors (Lipinski definition) is 3. The van der Waals surface area contributed by atoms with Crippen molar-refractivity contribution in [2.75, 3.05) is 19.6 Å². The van der Waals surface area contributed by atoms with Gasteiger partial charge in [0.15, 0.2) is 0 Å². The largest absolute Gasteiger partial charge is 0.358 e. The number of rotatable bonds is 5. The molecule has 2 atom stereocenters. The number of benzene rings is 3. The molecule has 0 fully saturated rings. The molecule has 0 saturated carbocycles. The Morgan fingerprint density at radius 3 is 2.42 bits per heavy atom. The van der Waals surface area contributed by atoms with Crippen molar-refractivity contribution >= 4 is 28.5 Å². The summed E-state index contributed by atoms with van der Waals surface area (Å²) in [5, 5.41) is 0.941. The number of quaternary nitrogens is 1. The van der Waals surface area contributed by atoms with Crippen LogP contribution in [0.25, 0.3) is 10.9 Å². The van der Waals surface area contributed by atoms with Crippen molar-refractivity contribution in [2.24, 2.45) is 0 Å². The summed E-state index contributed by atoms with van der Waals surface area (Å²) in [6.07, 6.45) is 0.851. The number of fused-ring (bicyclic) bond motifs is 3. The molecule has 0 radical (unpaired) electrons. The minimum absolute atomic E-state index is 0.0735. The van der Waals surface area contributed by atoms with Gasteiger partial charge in [0.05, 0.1) is 29.8 Å². The highest BCUT2D eigenvalue weighted by Gasteiger charge is 2.41. The zero-order chi connectivity index (χ0) is 25.0. The minimum atomic E-state index is -0.257. The van der Waals surface area contributed by atoms with E-state index >= 15 is 0 Å². The van der Waals surface area contributed by atoms with E-state index in [0.717, 1.165) is 51.2 Å². The van der Waals surface area contributed by atoms with Crippen LogP contribution in [0.3, 0.4) is 0 Å². The van der Waals surface area contributed by atoms with Crippen molar-refractivity contribution in [2.45, 2.75) is 26.3 Å². The first-order chi connectivity index (χ1) is 17.4. The molecule has 0 spiro atoms. The van der Waals surface area contributed by atoms with Crippen molar-refractivity contribution in [1.82, 2.24) is 9.88 Å². The van der Waals surface area contributed by atoms with Gasteiger partial charge in [-0.15, -0.1) is 0 Å². The van der Waals surface area contributed by atoms with Crippen LogP contribution in [0.15, 0.2) is 66.7 Å². The number of carbonyl (C=O) groups excluding carboxylic acids is 3. The van der Waals surface area contributed by atoms with E-state index in [-0.39, 0.29) is 30.2 Å². The topological polar surface area (TPSA) is 74.7 Å². The number of hydrogen-bond donors (Lipinski definition) is 2. The molecular formula is C30H28N3O3+. The van der Waals surface area contributed by atoms with Gasteiger partial charge in [0, 0.05) is 28.6 Å². The second kappa shape index (κ2) is 8.57. The van der Waals surface area contributed by atoms with Crippen LogP contribution in [-0.4, -0.2) is 47.1 Å². The van der Waals surface area contributed by atoms with Gasteiger partial charge in [-0.2, -0.15) is 0 Å². The normalized spacial score (nSPS) is 19.0. The lowest BCUT2D eigenvalue weighted by Crippen LogP contribution is -3.14. The summed E-state index contributed by atoms with van der Waals surface area (Å²) in [5.74, 6) is -0.441. The summed E-state index contributed by atoms with van der Waals surface area (Å²) in [5.41, 5.74) is 6.94. The highest BCUT2D eigenvalue weighted by atomic mass is 16.2. The van der Waals surface area contributed by atoms with E-state index in [1.54, 1.807) is 24.3 Å². The second-order valence-electron chi connectivity index (χ2n) is 9.95. The molecule has 6 rings (SSSR count). The number of amides is 2. The molecule has 0 bridgehead atoms. The number of aryl methyl sites for hydroxylation is 2. The van der Waals surface area contributed by atoms with Crippen molar-refractivity contribution in [1.29, 1.82) is 0 Å². The molecule has 2 aliphatic heterocycles. The number of ketones is 1. The van der Waals surface area contributed by atoms with Gasteiger partial charge in [-0.1, -0.05) is 48.5 Å². The van der Waals surface area contributed by atoms with Crippen molar-refractivity contribution in [3.8, 4) is 0 Å². The maximum absolute atomic E-state index is 13.7. The Balaban J connectivity index is 1.33. The Hall–Kier alpha value is -4.03. The van der Waals surface area contributed by atoms with E-state index < -0.39 is 0 Å². The average molecular weight is 479 g/mol. The molecule has 6 heteroatoms. The molecule has 0 saturated heterocycles. The molecule has 3 aromatic carbocycles. The number of imide groups is 1. The second-order valence-corrected chi connectivity index (χ2v) is 9.95. The summed E-state index contributed by atoms with van der Waals surface area (Å²) >= 11 is 0. The highest BCUT2D eigenvalue weighted by Crippen LogP contribution is 2.28. The van der Waals surface area contributed by atoms with Gasteiger partial charge in [0.2, 0.25) is 5.78 Å². The maximum atomic E-state index is 13.7. The lowest BCUT2D eigenvalue weighted by molar-refractivity contribution is -0.925. The summed E-state index contributed by atoms with van der Waals surface area (Å²) in [7, 11) is 0. The van der Waals surface area contributed by atoms with Crippen molar-refractivity contribution in [3.05, 3.63) is 106 Å². The van der Waals surface area contributed by atoms with Gasteiger partial charge >= 0.3 is 0 Å². The van der Waals surface area contributed by atoms with E-state index in [9.17, 15) is 14.4 Å². The summed E-state index contributed by atoms with van der Waals surface area (Å²) in [6, 6.07) is 21.1. The van der Waals surface area contributed by atoms with Gasteiger partial charge in [0.1, 0.15) is 12.6 Å². The molecule has 6 nitrogen and oxygen atoms in total. The molecule has 1 aromatic heterocycles. The van der Waals surface area contributed by atoms with Crippen LogP contribution in [0.5, 0.6) is 0 Å². The van der Waals surface area contributed by atoms with E-state index in [4.69, 9.17) is 0 Å². The van der Waals surface area contributed by atoms with Gasteiger partial charge < -0.3 is 9.88 Å². The number of nitrogens with one attached hydrogen (secondary N) is 2. The summed E-state index contributed by atoms with van der Waals surface area (Å²) in [4.78, 5) is 45.8. The van der Waals surface area contributed by atoms with Crippen LogP contribution in [0.4, 0.5) is 0 Å². The first-order valence-corrected chi connectivity index (χ1v) is 12.4. The Kier molecular flexibility index (Phi) is 5.34. The smallest absolute Gasteiger partial charge is 0.261 e. The quantitative estimate of drug-likeness (QED) is 0.341. The molecule has 0 aliphatic carbocycles. The fourth-order valence-electron chi connectivity index (χ4n) is 5.92. The number of carbonyl (C=O) groups is 3. The number of Topliss-reactive ketones (excluding diaryl/α,β-unsaturated/α-hetero) is 1. The fourth-order valence-corrected chi connectivity index (χ4v) is 5.92. The van der Waals surface area contributed by atoms with Crippen molar-refractivity contribution in [3.63, 3.8) is 0 Å².